The summed E-state index contributed by atoms with van der Waals surface area (Å²) in [7, 11) is 0. The molecule has 3 nitrogen and oxygen atoms in total. The van der Waals surface area contributed by atoms with Crippen molar-refractivity contribution in [2.45, 2.75) is 33.6 Å². The van der Waals surface area contributed by atoms with Crippen LogP contribution in [0.4, 0.5) is 0 Å². The maximum absolute atomic E-state index is 11.3. The van der Waals surface area contributed by atoms with Gasteiger partial charge in [0.15, 0.2) is 0 Å². The molecule has 0 atom stereocenters. The molecule has 4 heteroatoms. The van der Waals surface area contributed by atoms with Crippen LogP contribution in [0.15, 0.2) is 0 Å². The number of carbonyl (C=O) groups excluding carboxylic acids is 1. The Kier molecular flexibility index (Phi) is 3.54. The average molecular weight is 198 g/mol. The van der Waals surface area contributed by atoms with Crippen molar-refractivity contribution in [1.82, 2.24) is 10.2 Å². The number of aromatic nitrogens is 2. The molecule has 1 heterocycles. The third kappa shape index (κ3) is 3.22. The van der Waals surface area contributed by atoms with E-state index in [0.717, 1.165) is 16.4 Å². The molecule has 0 unspecified atom stereocenters. The van der Waals surface area contributed by atoms with Crippen molar-refractivity contribution < 1.29 is 4.79 Å². The van der Waals surface area contributed by atoms with Crippen LogP contribution in [0.3, 0.4) is 0 Å². The summed E-state index contributed by atoms with van der Waals surface area (Å²) in [4.78, 5) is 11.3. The van der Waals surface area contributed by atoms with Crippen molar-refractivity contribution in [2.24, 2.45) is 5.92 Å². The van der Waals surface area contributed by atoms with Crippen molar-refractivity contribution in [1.29, 1.82) is 0 Å². The lowest BCUT2D eigenvalue weighted by atomic mass is 10.1. The Labute approximate surface area is 82.2 Å². The fourth-order valence-corrected chi connectivity index (χ4v) is 1.67. The Balaban J connectivity index is 2.39. The van der Waals surface area contributed by atoms with Gasteiger partial charge in [-0.1, -0.05) is 13.8 Å². The molecule has 0 N–H and O–H groups in total. The number of aryl methyl sites for hydroxylation is 2. The van der Waals surface area contributed by atoms with Crippen LogP contribution in [0.1, 0.15) is 30.3 Å². The van der Waals surface area contributed by atoms with Gasteiger partial charge in [0.05, 0.1) is 0 Å². The second-order valence-electron chi connectivity index (χ2n) is 3.34. The second-order valence-corrected chi connectivity index (χ2v) is 4.60. The molecule has 0 saturated carbocycles. The van der Waals surface area contributed by atoms with Gasteiger partial charge in [-0.2, -0.15) is 0 Å². The van der Waals surface area contributed by atoms with E-state index in [1.807, 2.05) is 20.8 Å². The number of carbonyl (C=O) groups is 1. The summed E-state index contributed by atoms with van der Waals surface area (Å²) in [5.41, 5.74) is 0. The van der Waals surface area contributed by atoms with Gasteiger partial charge in [-0.25, -0.2) is 0 Å². The smallest absolute Gasteiger partial charge is 0.135 e. The summed E-state index contributed by atoms with van der Waals surface area (Å²) in [6, 6.07) is 0. The van der Waals surface area contributed by atoms with Gasteiger partial charge in [-0.05, 0) is 6.92 Å². The molecule has 0 aromatic carbocycles. The van der Waals surface area contributed by atoms with Crippen LogP contribution in [0.2, 0.25) is 0 Å². The third-order valence-electron chi connectivity index (χ3n) is 1.80. The van der Waals surface area contributed by atoms with Crippen LogP contribution >= 0.6 is 11.3 Å². The fraction of sp³-hybridized carbons (Fsp3) is 0.667. The zero-order valence-electron chi connectivity index (χ0n) is 8.20. The standard InChI is InChI=1S/C9H14N2OS/c1-6(2)8(12)4-5-9-11-10-7(3)13-9/h6H,4-5H2,1-3H3. The van der Waals surface area contributed by atoms with E-state index in [-0.39, 0.29) is 5.92 Å². The van der Waals surface area contributed by atoms with Gasteiger partial charge in [0.2, 0.25) is 0 Å². The topological polar surface area (TPSA) is 42.9 Å². The highest BCUT2D eigenvalue weighted by Gasteiger charge is 2.08. The van der Waals surface area contributed by atoms with Crippen molar-refractivity contribution in [3.8, 4) is 0 Å². The van der Waals surface area contributed by atoms with Crippen molar-refractivity contribution in [2.75, 3.05) is 0 Å². The number of Topliss-reactive ketones (excluding diaryl/α,β-unsaturated/α-hetero) is 1. The third-order valence-corrected chi connectivity index (χ3v) is 2.70. The normalized spacial score (nSPS) is 10.8. The van der Waals surface area contributed by atoms with Crippen LogP contribution in [0.25, 0.3) is 0 Å². The van der Waals surface area contributed by atoms with Crippen LogP contribution in [0.5, 0.6) is 0 Å². The highest BCUT2D eigenvalue weighted by atomic mass is 32.1. The maximum atomic E-state index is 11.3. The number of nitrogens with zero attached hydrogens (tertiary/aromatic N) is 2. The van der Waals surface area contributed by atoms with Gasteiger partial charge in [0, 0.05) is 18.8 Å². The molecular formula is C9H14N2OS. The monoisotopic (exact) mass is 198 g/mol. The lowest BCUT2D eigenvalue weighted by molar-refractivity contribution is -0.121. The highest BCUT2D eigenvalue weighted by molar-refractivity contribution is 7.11. The molecule has 72 valence electrons. The molecule has 0 aliphatic heterocycles. The maximum Gasteiger partial charge on any atom is 0.135 e. The van der Waals surface area contributed by atoms with Crippen molar-refractivity contribution in [3.05, 3.63) is 10.0 Å². The minimum atomic E-state index is 0.133. The fourth-order valence-electron chi connectivity index (χ4n) is 0.957. The highest BCUT2D eigenvalue weighted by Crippen LogP contribution is 2.11. The zero-order valence-corrected chi connectivity index (χ0v) is 9.02. The van der Waals surface area contributed by atoms with Gasteiger partial charge >= 0.3 is 0 Å². The van der Waals surface area contributed by atoms with Gasteiger partial charge in [-0.3, -0.25) is 4.79 Å². The minimum absolute atomic E-state index is 0.133. The molecule has 0 amide bonds. The first-order valence-electron chi connectivity index (χ1n) is 4.41. The minimum Gasteiger partial charge on any atom is -0.299 e. The van der Waals surface area contributed by atoms with E-state index in [0.29, 0.717) is 12.2 Å². The van der Waals surface area contributed by atoms with Crippen LogP contribution in [-0.4, -0.2) is 16.0 Å². The molecule has 1 aromatic rings. The lowest BCUT2D eigenvalue weighted by Crippen LogP contribution is -2.07. The summed E-state index contributed by atoms with van der Waals surface area (Å²) < 4.78 is 0. The largest absolute Gasteiger partial charge is 0.299 e. The zero-order chi connectivity index (χ0) is 9.84. The van der Waals surface area contributed by atoms with Crippen LogP contribution in [-0.2, 0) is 11.2 Å². The first-order valence-corrected chi connectivity index (χ1v) is 5.23. The molecule has 0 saturated heterocycles. The average Bonchev–Trinajstić information content (AvgIpc) is 2.47. The number of hydrogen-bond acceptors (Lipinski definition) is 4. The predicted octanol–water partition coefficient (Wildman–Crippen LogP) is 2.00. The van der Waals surface area contributed by atoms with E-state index in [9.17, 15) is 4.79 Å². The molecule has 0 aliphatic carbocycles. The first kappa shape index (κ1) is 10.3. The summed E-state index contributed by atoms with van der Waals surface area (Å²) in [5, 5.41) is 9.79. The Morgan fingerprint density at radius 3 is 2.62 bits per heavy atom. The molecular weight excluding hydrogens is 184 g/mol. The Hall–Kier alpha value is -0.770. The first-order chi connectivity index (χ1) is 6.09. The van der Waals surface area contributed by atoms with Crippen molar-refractivity contribution >= 4 is 17.1 Å². The molecule has 0 aliphatic rings. The molecule has 0 bridgehead atoms. The summed E-state index contributed by atoms with van der Waals surface area (Å²) in [5.74, 6) is 0.432. The SMILES string of the molecule is Cc1nnc(CCC(=O)C(C)C)s1. The Morgan fingerprint density at radius 1 is 1.46 bits per heavy atom. The van der Waals surface area contributed by atoms with E-state index in [4.69, 9.17) is 0 Å². The molecule has 0 fully saturated rings. The van der Waals surface area contributed by atoms with Gasteiger partial charge in [0.1, 0.15) is 15.8 Å². The quantitative estimate of drug-likeness (QED) is 0.743. The molecule has 1 rings (SSSR count). The van der Waals surface area contributed by atoms with Crippen molar-refractivity contribution in [3.63, 3.8) is 0 Å². The van der Waals surface area contributed by atoms with E-state index >= 15 is 0 Å². The van der Waals surface area contributed by atoms with E-state index in [2.05, 4.69) is 10.2 Å². The van der Waals surface area contributed by atoms with Crippen LogP contribution in [0, 0.1) is 12.8 Å². The number of rotatable bonds is 4. The Morgan fingerprint density at radius 2 is 2.15 bits per heavy atom. The van der Waals surface area contributed by atoms with E-state index < -0.39 is 0 Å². The molecule has 1 aromatic heterocycles. The molecule has 13 heavy (non-hydrogen) atoms. The van der Waals surface area contributed by atoms with Crippen LogP contribution < -0.4 is 0 Å². The molecule has 0 spiro atoms. The predicted molar refractivity (Wildman–Crippen MR) is 52.8 cm³/mol. The summed E-state index contributed by atoms with van der Waals surface area (Å²) in [6.45, 7) is 5.77. The van der Waals surface area contributed by atoms with Gasteiger partial charge in [0.25, 0.3) is 0 Å². The summed E-state index contributed by atoms with van der Waals surface area (Å²) >= 11 is 1.57. The second kappa shape index (κ2) is 4.46. The lowest BCUT2D eigenvalue weighted by Gasteiger charge is -2.00. The molecule has 0 radical (unpaired) electrons. The van der Waals surface area contributed by atoms with Gasteiger partial charge in [-0.15, -0.1) is 21.5 Å². The number of hydrogen-bond donors (Lipinski definition) is 0. The van der Waals surface area contributed by atoms with E-state index in [1.54, 1.807) is 11.3 Å². The summed E-state index contributed by atoms with van der Waals surface area (Å²) in [6.07, 6.45) is 1.33. The Bertz CT molecular complexity index is 294. The van der Waals surface area contributed by atoms with Gasteiger partial charge < -0.3 is 0 Å². The van der Waals surface area contributed by atoms with E-state index in [1.165, 1.54) is 0 Å². The number of ketones is 1.